The van der Waals surface area contributed by atoms with E-state index in [1.165, 1.54) is 0 Å². The van der Waals surface area contributed by atoms with E-state index in [1.807, 2.05) is 38.1 Å². The normalized spacial score (nSPS) is 24.2. The number of H-pyrrole nitrogens is 1. The number of benzene rings is 1. The number of ether oxygens (including phenoxy) is 2. The van der Waals surface area contributed by atoms with Crippen molar-refractivity contribution in [2.75, 3.05) is 19.7 Å². The van der Waals surface area contributed by atoms with Crippen molar-refractivity contribution in [3.8, 4) is 5.88 Å². The monoisotopic (exact) mass is 506 g/mol. The summed E-state index contributed by atoms with van der Waals surface area (Å²) in [6, 6.07) is 8.08. The number of nitrogens with zero attached hydrogens (tertiary/aromatic N) is 1. The summed E-state index contributed by atoms with van der Waals surface area (Å²) in [5.41, 5.74) is 9.18. The summed E-state index contributed by atoms with van der Waals surface area (Å²) in [5, 5.41) is 49.9. The Morgan fingerprint density at radius 2 is 1.86 bits per heavy atom. The van der Waals surface area contributed by atoms with E-state index in [4.69, 9.17) is 15.2 Å². The Hall–Kier alpha value is -2.54. The van der Waals surface area contributed by atoms with Crippen LogP contribution in [0.1, 0.15) is 55.0 Å². The van der Waals surface area contributed by atoms with Crippen molar-refractivity contribution in [3.63, 3.8) is 0 Å². The molecule has 200 valence electrons. The van der Waals surface area contributed by atoms with Gasteiger partial charge in [-0.2, -0.15) is 0 Å². The predicted molar refractivity (Wildman–Crippen MR) is 131 cm³/mol. The second-order valence-electron chi connectivity index (χ2n) is 9.38. The summed E-state index contributed by atoms with van der Waals surface area (Å²) >= 11 is 0. The molecule has 1 aromatic heterocycles. The average Bonchev–Trinajstić information content (AvgIpc) is 3.26. The molecule has 8 N–H and O–H groups in total. The number of carbonyl (C=O) groups excluding carboxylic acids is 1. The predicted octanol–water partition coefficient (Wildman–Crippen LogP) is -0.300. The fourth-order valence-corrected chi connectivity index (χ4v) is 4.16. The van der Waals surface area contributed by atoms with Crippen LogP contribution in [0.3, 0.4) is 0 Å². The van der Waals surface area contributed by atoms with Crippen molar-refractivity contribution in [1.29, 1.82) is 0 Å². The van der Waals surface area contributed by atoms with E-state index in [0.29, 0.717) is 25.9 Å². The minimum absolute atomic E-state index is 0.00479. The standard InChI is InChI=1S/C25H38N4O7/c1-14(2)20-17(12-16-8-6-15(7-9-16)4-3-5-19(31)27-11-10-26)24(29-28-20)36-25-23(34)22(33)21(32)18(13-30)35-25/h6-9,14,18,21-23,25,30,32-34H,3-5,10-13,26H2,1-2H3,(H,27,31)(H,28,29)/t18-,21-,22+,23-,25+/m1/s1. The van der Waals surface area contributed by atoms with Crippen molar-refractivity contribution in [3.05, 3.63) is 46.6 Å². The molecule has 1 amide bonds. The van der Waals surface area contributed by atoms with Crippen LogP contribution < -0.4 is 15.8 Å². The van der Waals surface area contributed by atoms with Crippen LogP contribution in [-0.2, 0) is 22.4 Å². The summed E-state index contributed by atoms with van der Waals surface area (Å²) in [4.78, 5) is 11.7. The van der Waals surface area contributed by atoms with Gasteiger partial charge in [0.2, 0.25) is 18.1 Å². The molecular formula is C25H38N4O7. The first kappa shape index (κ1) is 28.0. The SMILES string of the molecule is CC(C)c1[nH]nc(O[C@@H]2O[C@H](CO)[C@@H](O)[C@H](O)[C@H]2O)c1Cc1ccc(CCCC(=O)NCCN)cc1. The van der Waals surface area contributed by atoms with Gasteiger partial charge in [0, 0.05) is 37.2 Å². The van der Waals surface area contributed by atoms with Gasteiger partial charge >= 0.3 is 0 Å². The third-order valence-corrected chi connectivity index (χ3v) is 6.25. The number of aromatic nitrogens is 2. The highest BCUT2D eigenvalue weighted by Crippen LogP contribution is 2.31. The zero-order valence-corrected chi connectivity index (χ0v) is 20.8. The number of aliphatic hydroxyl groups excluding tert-OH is 4. The maximum Gasteiger partial charge on any atom is 0.238 e. The van der Waals surface area contributed by atoms with E-state index in [0.717, 1.165) is 35.2 Å². The fraction of sp³-hybridized carbons (Fsp3) is 0.600. The van der Waals surface area contributed by atoms with E-state index in [2.05, 4.69) is 15.5 Å². The van der Waals surface area contributed by atoms with E-state index >= 15 is 0 Å². The zero-order valence-electron chi connectivity index (χ0n) is 20.8. The lowest BCUT2D eigenvalue weighted by molar-refractivity contribution is -0.278. The minimum Gasteiger partial charge on any atom is -0.443 e. The van der Waals surface area contributed by atoms with Crippen LogP contribution >= 0.6 is 0 Å². The van der Waals surface area contributed by atoms with Gasteiger partial charge in [0.15, 0.2) is 0 Å². The summed E-state index contributed by atoms with van der Waals surface area (Å²) < 4.78 is 11.3. The number of amides is 1. The van der Waals surface area contributed by atoms with Gasteiger partial charge < -0.3 is 41.0 Å². The molecule has 3 rings (SSSR count). The third kappa shape index (κ3) is 7.02. The molecule has 2 heterocycles. The molecule has 1 fully saturated rings. The smallest absolute Gasteiger partial charge is 0.238 e. The molecule has 11 heteroatoms. The van der Waals surface area contributed by atoms with Gasteiger partial charge in [-0.3, -0.25) is 9.89 Å². The van der Waals surface area contributed by atoms with Crippen LogP contribution in [0.25, 0.3) is 0 Å². The number of carbonyl (C=O) groups is 1. The number of aliphatic hydroxyl groups is 4. The maximum absolute atomic E-state index is 11.7. The highest BCUT2D eigenvalue weighted by molar-refractivity contribution is 5.75. The van der Waals surface area contributed by atoms with Gasteiger partial charge in [-0.05, 0) is 29.9 Å². The molecule has 5 atom stereocenters. The Labute approximate surface area is 210 Å². The Morgan fingerprint density at radius 1 is 1.17 bits per heavy atom. The van der Waals surface area contributed by atoms with Crippen LogP contribution in [0.4, 0.5) is 0 Å². The van der Waals surface area contributed by atoms with Gasteiger partial charge in [-0.25, -0.2) is 0 Å². The summed E-state index contributed by atoms with van der Waals surface area (Å²) in [7, 11) is 0. The highest BCUT2D eigenvalue weighted by Gasteiger charge is 2.45. The topological polar surface area (TPSA) is 183 Å². The molecule has 0 saturated carbocycles. The molecule has 11 nitrogen and oxygen atoms in total. The molecule has 2 aromatic rings. The average molecular weight is 507 g/mol. The van der Waals surface area contributed by atoms with Crippen molar-refractivity contribution in [1.82, 2.24) is 15.5 Å². The first-order chi connectivity index (χ1) is 17.2. The fourth-order valence-electron chi connectivity index (χ4n) is 4.16. The molecule has 0 spiro atoms. The molecule has 0 aliphatic carbocycles. The van der Waals surface area contributed by atoms with E-state index in [1.54, 1.807) is 0 Å². The highest BCUT2D eigenvalue weighted by atomic mass is 16.7. The van der Waals surface area contributed by atoms with Gasteiger partial charge in [0.1, 0.15) is 24.4 Å². The molecule has 0 bridgehead atoms. The Balaban J connectivity index is 1.67. The van der Waals surface area contributed by atoms with Crippen molar-refractivity contribution in [2.45, 2.75) is 76.2 Å². The van der Waals surface area contributed by atoms with Gasteiger partial charge in [-0.15, -0.1) is 5.10 Å². The molecule has 1 aliphatic rings. The van der Waals surface area contributed by atoms with Crippen LogP contribution in [0.5, 0.6) is 5.88 Å². The van der Waals surface area contributed by atoms with Gasteiger partial charge in [0.05, 0.1) is 6.61 Å². The summed E-state index contributed by atoms with van der Waals surface area (Å²) in [6.45, 7) is 4.41. The van der Waals surface area contributed by atoms with E-state index in [9.17, 15) is 25.2 Å². The van der Waals surface area contributed by atoms with Crippen molar-refractivity contribution in [2.24, 2.45) is 5.73 Å². The first-order valence-corrected chi connectivity index (χ1v) is 12.3. The zero-order chi connectivity index (χ0) is 26.2. The maximum atomic E-state index is 11.7. The van der Waals surface area contributed by atoms with Crippen LogP contribution in [0.2, 0.25) is 0 Å². The number of aromatic amines is 1. The quantitative estimate of drug-likeness (QED) is 0.203. The number of hydrogen-bond acceptors (Lipinski definition) is 9. The first-order valence-electron chi connectivity index (χ1n) is 12.3. The Bertz CT molecular complexity index is 964. The molecule has 0 unspecified atom stereocenters. The molecule has 1 aliphatic heterocycles. The summed E-state index contributed by atoms with van der Waals surface area (Å²) in [5.74, 6) is 0.338. The van der Waals surface area contributed by atoms with Crippen LogP contribution in [0, 0.1) is 0 Å². The minimum atomic E-state index is -1.54. The van der Waals surface area contributed by atoms with Crippen LogP contribution in [0.15, 0.2) is 24.3 Å². The number of aryl methyl sites for hydroxylation is 1. The van der Waals surface area contributed by atoms with Gasteiger partial charge in [0.25, 0.3) is 0 Å². The van der Waals surface area contributed by atoms with Gasteiger partial charge in [-0.1, -0.05) is 38.1 Å². The third-order valence-electron chi connectivity index (χ3n) is 6.25. The molecular weight excluding hydrogens is 468 g/mol. The molecule has 1 aromatic carbocycles. The largest absolute Gasteiger partial charge is 0.443 e. The molecule has 36 heavy (non-hydrogen) atoms. The number of hydrogen-bond donors (Lipinski definition) is 7. The Morgan fingerprint density at radius 3 is 2.50 bits per heavy atom. The van der Waals surface area contributed by atoms with Crippen molar-refractivity contribution < 1.29 is 34.7 Å². The number of nitrogens with two attached hydrogens (primary N) is 1. The number of rotatable bonds is 12. The van der Waals surface area contributed by atoms with Crippen LogP contribution in [-0.4, -0.2) is 86.9 Å². The number of nitrogens with one attached hydrogen (secondary N) is 2. The Kier molecular flexibility index (Phi) is 10.2. The molecule has 1 saturated heterocycles. The van der Waals surface area contributed by atoms with E-state index in [-0.39, 0.29) is 17.7 Å². The lowest BCUT2D eigenvalue weighted by Crippen LogP contribution is -2.60. The second kappa shape index (κ2) is 13.1. The molecule has 0 radical (unpaired) electrons. The summed E-state index contributed by atoms with van der Waals surface area (Å²) in [6.07, 6.45) is -4.43. The van der Waals surface area contributed by atoms with E-state index < -0.39 is 37.3 Å². The lowest BCUT2D eigenvalue weighted by atomic mass is 9.97. The van der Waals surface area contributed by atoms with Crippen molar-refractivity contribution >= 4 is 5.91 Å². The lowest BCUT2D eigenvalue weighted by Gasteiger charge is -2.39. The second-order valence-corrected chi connectivity index (χ2v) is 9.38.